The zero-order valence-corrected chi connectivity index (χ0v) is 14.6. The van der Waals surface area contributed by atoms with Crippen LogP contribution in [0.15, 0.2) is 0 Å². The predicted molar refractivity (Wildman–Crippen MR) is 87.4 cm³/mol. The molecule has 0 saturated heterocycles. The molecule has 0 radical (unpaired) electrons. The second-order valence-corrected chi connectivity index (χ2v) is 6.79. The number of carbonyl (C=O) groups is 1. The van der Waals surface area contributed by atoms with E-state index >= 15 is 0 Å². The third-order valence-electron chi connectivity index (χ3n) is 4.84. The molecule has 1 fully saturated rings. The molecule has 1 rings (SSSR count). The molecule has 1 aliphatic rings. The fraction of sp³-hybridized carbons (Fsp3) is 0.941. The van der Waals surface area contributed by atoms with Gasteiger partial charge in [-0.2, -0.15) is 0 Å². The van der Waals surface area contributed by atoms with Crippen LogP contribution < -0.4 is 5.32 Å². The summed E-state index contributed by atoms with van der Waals surface area (Å²) in [7, 11) is 4.33. The minimum atomic E-state index is -0.163. The summed E-state index contributed by atoms with van der Waals surface area (Å²) in [5, 5.41) is 3.50. The Bertz CT molecular complexity index is 320. The molecular weight excluding hydrogens is 264 g/mol. The number of nitrogens with one attached hydrogen (secondary N) is 1. The van der Waals surface area contributed by atoms with E-state index in [9.17, 15) is 4.79 Å². The van der Waals surface area contributed by atoms with Crippen LogP contribution in [0.2, 0.25) is 0 Å². The minimum Gasteiger partial charge on any atom is -0.465 e. The van der Waals surface area contributed by atoms with Gasteiger partial charge >= 0.3 is 5.97 Å². The van der Waals surface area contributed by atoms with Crippen molar-refractivity contribution in [2.24, 2.45) is 5.92 Å². The Labute approximate surface area is 130 Å². The average Bonchev–Trinajstić information content (AvgIpc) is 2.43. The number of hydrogen-bond acceptors (Lipinski definition) is 4. The number of ether oxygens (including phenoxy) is 1. The molecule has 0 heterocycles. The molecule has 0 aliphatic heterocycles. The molecule has 4 heteroatoms. The lowest BCUT2D eigenvalue weighted by Gasteiger charge is -2.46. The van der Waals surface area contributed by atoms with E-state index in [1.807, 2.05) is 6.92 Å². The Hall–Kier alpha value is -0.610. The molecule has 1 saturated carbocycles. The first kappa shape index (κ1) is 18.4. The molecule has 0 aromatic carbocycles. The number of nitrogens with zero attached hydrogens (tertiary/aromatic N) is 1. The van der Waals surface area contributed by atoms with E-state index in [0.717, 1.165) is 25.3 Å². The van der Waals surface area contributed by atoms with Crippen molar-refractivity contribution in [2.75, 3.05) is 27.2 Å². The second kappa shape index (κ2) is 8.74. The largest absolute Gasteiger partial charge is 0.465 e. The molecule has 0 aromatic heterocycles. The van der Waals surface area contributed by atoms with Crippen LogP contribution in [-0.2, 0) is 9.53 Å². The smallest absolute Gasteiger partial charge is 0.323 e. The van der Waals surface area contributed by atoms with Crippen LogP contribution in [0.1, 0.15) is 59.3 Å². The Morgan fingerprint density at radius 1 is 1.43 bits per heavy atom. The molecular formula is C17H34N2O2. The lowest BCUT2D eigenvalue weighted by Crippen LogP contribution is -2.56. The summed E-state index contributed by atoms with van der Waals surface area (Å²) in [4.78, 5) is 14.4. The summed E-state index contributed by atoms with van der Waals surface area (Å²) in [6.07, 6.45) is 6.85. The van der Waals surface area contributed by atoms with Crippen LogP contribution in [0.25, 0.3) is 0 Å². The monoisotopic (exact) mass is 298 g/mol. The van der Waals surface area contributed by atoms with Crippen LogP contribution in [0.3, 0.4) is 0 Å². The van der Waals surface area contributed by atoms with Gasteiger partial charge in [0.25, 0.3) is 0 Å². The molecule has 0 aromatic rings. The number of carbonyl (C=O) groups excluding carboxylic acids is 1. The summed E-state index contributed by atoms with van der Waals surface area (Å²) in [5.74, 6) is 0.660. The summed E-state index contributed by atoms with van der Waals surface area (Å²) in [5.41, 5.74) is 0.177. The zero-order chi connectivity index (χ0) is 15.9. The van der Waals surface area contributed by atoms with Crippen molar-refractivity contribution in [3.8, 4) is 0 Å². The van der Waals surface area contributed by atoms with Crippen molar-refractivity contribution in [1.82, 2.24) is 10.2 Å². The van der Waals surface area contributed by atoms with Gasteiger partial charge in [-0.1, -0.05) is 33.1 Å². The second-order valence-electron chi connectivity index (χ2n) is 6.79. The van der Waals surface area contributed by atoms with Crippen LogP contribution in [-0.4, -0.2) is 49.7 Å². The number of rotatable bonds is 8. The molecule has 3 unspecified atom stereocenters. The highest BCUT2D eigenvalue weighted by atomic mass is 16.5. The van der Waals surface area contributed by atoms with E-state index in [1.54, 1.807) is 0 Å². The highest BCUT2D eigenvalue weighted by Crippen LogP contribution is 2.35. The van der Waals surface area contributed by atoms with E-state index < -0.39 is 0 Å². The molecule has 0 spiro atoms. The van der Waals surface area contributed by atoms with Crippen molar-refractivity contribution in [3.05, 3.63) is 0 Å². The number of esters is 1. The van der Waals surface area contributed by atoms with E-state index in [0.29, 0.717) is 6.61 Å². The summed E-state index contributed by atoms with van der Waals surface area (Å²) >= 11 is 0. The Balaban J connectivity index is 2.67. The first-order valence-electron chi connectivity index (χ1n) is 8.52. The fourth-order valence-corrected chi connectivity index (χ4v) is 3.51. The zero-order valence-electron chi connectivity index (χ0n) is 14.6. The molecule has 0 bridgehead atoms. The van der Waals surface area contributed by atoms with Crippen LogP contribution in [0, 0.1) is 5.92 Å². The van der Waals surface area contributed by atoms with Crippen molar-refractivity contribution in [2.45, 2.75) is 70.9 Å². The Morgan fingerprint density at radius 3 is 2.67 bits per heavy atom. The number of likely N-dealkylation sites (N-methyl/N-ethyl adjacent to an activating group) is 1. The van der Waals surface area contributed by atoms with Gasteiger partial charge < -0.3 is 15.0 Å². The van der Waals surface area contributed by atoms with Gasteiger partial charge in [0.15, 0.2) is 0 Å². The Kier molecular flexibility index (Phi) is 7.67. The van der Waals surface area contributed by atoms with E-state index in [4.69, 9.17) is 4.74 Å². The van der Waals surface area contributed by atoms with E-state index in [-0.39, 0.29) is 17.6 Å². The van der Waals surface area contributed by atoms with Gasteiger partial charge in [0.2, 0.25) is 0 Å². The first-order chi connectivity index (χ1) is 9.95. The molecule has 1 N–H and O–H groups in total. The van der Waals surface area contributed by atoms with Gasteiger partial charge in [0, 0.05) is 12.1 Å². The quantitative estimate of drug-likeness (QED) is 0.700. The van der Waals surface area contributed by atoms with Gasteiger partial charge in [-0.15, -0.1) is 0 Å². The van der Waals surface area contributed by atoms with Gasteiger partial charge in [-0.25, -0.2) is 0 Å². The lowest BCUT2D eigenvalue weighted by molar-refractivity contribution is -0.146. The maximum Gasteiger partial charge on any atom is 0.323 e. The van der Waals surface area contributed by atoms with Crippen LogP contribution in [0.5, 0.6) is 0 Å². The van der Waals surface area contributed by atoms with Crippen molar-refractivity contribution < 1.29 is 9.53 Å². The third-order valence-corrected chi connectivity index (χ3v) is 4.84. The van der Waals surface area contributed by atoms with Crippen molar-refractivity contribution in [1.29, 1.82) is 0 Å². The Morgan fingerprint density at radius 2 is 2.14 bits per heavy atom. The highest BCUT2D eigenvalue weighted by molar-refractivity contribution is 5.75. The summed E-state index contributed by atoms with van der Waals surface area (Å²) in [6.45, 7) is 7.64. The maximum atomic E-state index is 12.0. The standard InChI is InChI=1S/C17H34N2O2/c1-6-9-15(16(20)21-7-2)18-13-17(19(4)5)11-8-10-14(3)12-17/h14-15,18H,6-13H2,1-5H3. The highest BCUT2D eigenvalue weighted by Gasteiger charge is 2.37. The number of hydrogen-bond donors (Lipinski definition) is 1. The molecule has 3 atom stereocenters. The van der Waals surface area contributed by atoms with Crippen LogP contribution >= 0.6 is 0 Å². The fourth-order valence-electron chi connectivity index (χ4n) is 3.51. The first-order valence-corrected chi connectivity index (χ1v) is 8.52. The summed E-state index contributed by atoms with van der Waals surface area (Å²) < 4.78 is 5.20. The maximum absolute atomic E-state index is 12.0. The molecule has 4 nitrogen and oxygen atoms in total. The van der Waals surface area contributed by atoms with Crippen molar-refractivity contribution in [3.63, 3.8) is 0 Å². The summed E-state index contributed by atoms with van der Waals surface area (Å²) in [6, 6.07) is -0.163. The van der Waals surface area contributed by atoms with Crippen molar-refractivity contribution >= 4 is 5.97 Å². The molecule has 1 aliphatic carbocycles. The van der Waals surface area contributed by atoms with E-state index in [1.165, 1.54) is 25.7 Å². The van der Waals surface area contributed by atoms with Gasteiger partial charge in [0.1, 0.15) is 6.04 Å². The third kappa shape index (κ3) is 5.26. The van der Waals surface area contributed by atoms with Gasteiger partial charge in [-0.3, -0.25) is 4.79 Å². The average molecular weight is 298 g/mol. The van der Waals surface area contributed by atoms with Gasteiger partial charge in [0.05, 0.1) is 6.61 Å². The SMILES string of the molecule is CCCC(NCC1(N(C)C)CCCC(C)C1)C(=O)OCC. The van der Waals surface area contributed by atoms with Gasteiger partial charge in [-0.05, 0) is 46.2 Å². The topological polar surface area (TPSA) is 41.6 Å². The normalized spacial score (nSPS) is 27.6. The lowest BCUT2D eigenvalue weighted by atomic mass is 9.75. The van der Waals surface area contributed by atoms with Crippen LogP contribution in [0.4, 0.5) is 0 Å². The minimum absolute atomic E-state index is 0.0999. The molecule has 21 heavy (non-hydrogen) atoms. The molecule has 0 amide bonds. The predicted octanol–water partition coefficient (Wildman–Crippen LogP) is 2.82. The van der Waals surface area contributed by atoms with E-state index in [2.05, 4.69) is 38.2 Å². The molecule has 124 valence electrons.